The first-order valence-electron chi connectivity index (χ1n) is 9.84. The van der Waals surface area contributed by atoms with Crippen molar-refractivity contribution in [1.29, 1.82) is 0 Å². The molecule has 3 atom stereocenters. The van der Waals surface area contributed by atoms with Gasteiger partial charge in [-0.05, 0) is 30.9 Å². The van der Waals surface area contributed by atoms with Gasteiger partial charge in [0.25, 0.3) is 0 Å². The van der Waals surface area contributed by atoms with Crippen LogP contribution in [0.1, 0.15) is 32.8 Å². The second-order valence-electron chi connectivity index (χ2n) is 8.04. The van der Waals surface area contributed by atoms with Gasteiger partial charge in [-0.3, -0.25) is 19.5 Å². The lowest BCUT2D eigenvalue weighted by Crippen LogP contribution is -2.54. The summed E-state index contributed by atoms with van der Waals surface area (Å²) in [6.45, 7) is 5.14. The molecule has 0 aliphatic heterocycles. The highest BCUT2D eigenvalue weighted by Crippen LogP contribution is 2.39. The van der Waals surface area contributed by atoms with Crippen LogP contribution in [-0.2, 0) is 20.6 Å². The van der Waals surface area contributed by atoms with Gasteiger partial charge in [-0.1, -0.05) is 32.0 Å². The Morgan fingerprint density at radius 2 is 1.87 bits per heavy atom. The first-order valence-corrected chi connectivity index (χ1v) is 11.5. The van der Waals surface area contributed by atoms with Crippen LogP contribution in [0.3, 0.4) is 0 Å². The predicted molar refractivity (Wildman–Crippen MR) is 116 cm³/mol. The third-order valence-corrected chi connectivity index (χ3v) is 6.34. The molecule has 166 valence electrons. The van der Waals surface area contributed by atoms with Gasteiger partial charge in [0, 0.05) is 30.6 Å². The van der Waals surface area contributed by atoms with Crippen LogP contribution >= 0.6 is 7.60 Å². The maximum atomic E-state index is 13.2. The second-order valence-corrected chi connectivity index (χ2v) is 10.00. The third kappa shape index (κ3) is 5.92. The average Bonchev–Trinajstić information content (AvgIpc) is 3.06. The van der Waals surface area contributed by atoms with E-state index < -0.39 is 37.3 Å². The Balaban J connectivity index is 2.26. The minimum atomic E-state index is -4.42. The van der Waals surface area contributed by atoms with Crippen molar-refractivity contribution in [3.8, 4) is 0 Å². The van der Waals surface area contributed by atoms with E-state index in [1.165, 1.54) is 18.9 Å². The first kappa shape index (κ1) is 24.1. The summed E-state index contributed by atoms with van der Waals surface area (Å²) >= 11 is 0. The van der Waals surface area contributed by atoms with Gasteiger partial charge in [0.1, 0.15) is 11.8 Å². The fourth-order valence-electron chi connectivity index (χ4n) is 3.44. The highest BCUT2D eigenvalue weighted by atomic mass is 31.2. The molecule has 1 aromatic carbocycles. The Bertz CT molecular complexity index is 938. The summed E-state index contributed by atoms with van der Waals surface area (Å²) in [5, 5.41) is 3.68. The number of primary amides is 1. The molecule has 0 bridgehead atoms. The van der Waals surface area contributed by atoms with Gasteiger partial charge in [-0.15, -0.1) is 0 Å². The first-order chi connectivity index (χ1) is 13.9. The van der Waals surface area contributed by atoms with Crippen LogP contribution in [0, 0.1) is 5.92 Å². The molecule has 9 nitrogen and oxygen atoms in total. The molecule has 0 aliphatic carbocycles. The lowest BCUT2D eigenvalue weighted by molar-refractivity contribution is -0.139. The molecule has 0 saturated carbocycles. The number of hydrogen-bond acceptors (Lipinski definition) is 4. The molecule has 1 heterocycles. The van der Waals surface area contributed by atoms with Gasteiger partial charge in [-0.2, -0.15) is 0 Å². The number of H-pyrrole nitrogens is 1. The quantitative estimate of drug-likeness (QED) is 0.355. The van der Waals surface area contributed by atoms with E-state index >= 15 is 0 Å². The van der Waals surface area contributed by atoms with Gasteiger partial charge in [-0.25, -0.2) is 0 Å². The Labute approximate surface area is 176 Å². The average molecular weight is 438 g/mol. The number of nitrogens with zero attached hydrogens (tertiary/aromatic N) is 1. The summed E-state index contributed by atoms with van der Waals surface area (Å²) in [6, 6.07) is 5.86. The van der Waals surface area contributed by atoms with Crippen molar-refractivity contribution in [1.82, 2.24) is 15.2 Å². The van der Waals surface area contributed by atoms with E-state index in [4.69, 9.17) is 5.73 Å². The van der Waals surface area contributed by atoms with Crippen molar-refractivity contribution in [2.24, 2.45) is 11.7 Å². The topological polar surface area (TPSA) is 149 Å². The zero-order valence-electron chi connectivity index (χ0n) is 17.7. The van der Waals surface area contributed by atoms with Gasteiger partial charge in [0.15, 0.2) is 0 Å². The Kier molecular flexibility index (Phi) is 7.82. The number of likely N-dealkylation sites (N-methyl/N-ethyl adjacent to an activating group) is 1. The molecule has 10 heteroatoms. The zero-order valence-corrected chi connectivity index (χ0v) is 18.6. The summed E-state index contributed by atoms with van der Waals surface area (Å²) in [4.78, 5) is 48.6. The van der Waals surface area contributed by atoms with E-state index in [0.29, 0.717) is 6.42 Å². The van der Waals surface area contributed by atoms with E-state index in [9.17, 15) is 23.9 Å². The van der Waals surface area contributed by atoms with Crippen molar-refractivity contribution >= 4 is 30.3 Å². The van der Waals surface area contributed by atoms with E-state index in [1.54, 1.807) is 6.20 Å². The molecule has 1 unspecified atom stereocenters. The largest absolute Gasteiger partial charge is 0.368 e. The van der Waals surface area contributed by atoms with Crippen molar-refractivity contribution in [2.45, 2.75) is 51.5 Å². The summed E-state index contributed by atoms with van der Waals surface area (Å²) in [5.74, 6) is -2.20. The predicted octanol–water partition coefficient (Wildman–Crippen LogP) is 1.55. The number of hydrogen-bond donors (Lipinski definition) is 5. The summed E-state index contributed by atoms with van der Waals surface area (Å²) in [7, 11) is -2.93. The van der Waals surface area contributed by atoms with Crippen LogP contribution in [0.25, 0.3) is 10.9 Å². The van der Waals surface area contributed by atoms with E-state index in [-0.39, 0.29) is 12.3 Å². The summed E-state index contributed by atoms with van der Waals surface area (Å²) < 4.78 is 11.6. The molecule has 0 aliphatic rings. The Morgan fingerprint density at radius 3 is 2.43 bits per heavy atom. The molecule has 0 spiro atoms. The maximum Gasteiger partial charge on any atom is 0.342 e. The Morgan fingerprint density at radius 1 is 1.23 bits per heavy atom. The molecule has 1 aromatic heterocycles. The number of amides is 2. The van der Waals surface area contributed by atoms with E-state index in [0.717, 1.165) is 16.5 Å². The molecular weight excluding hydrogens is 407 g/mol. The molecular formula is C20H31N4O5P. The van der Waals surface area contributed by atoms with Crippen LogP contribution < -0.4 is 11.1 Å². The number of nitrogens with two attached hydrogens (primary N) is 1. The zero-order chi connectivity index (χ0) is 22.6. The molecule has 0 radical (unpaired) electrons. The minimum absolute atomic E-state index is 0.0875. The maximum absolute atomic E-state index is 13.2. The summed E-state index contributed by atoms with van der Waals surface area (Å²) in [5.41, 5.74) is 7.39. The van der Waals surface area contributed by atoms with Crippen molar-refractivity contribution < 1.29 is 23.9 Å². The number of benzene rings is 1. The molecule has 0 fully saturated rings. The third-order valence-electron chi connectivity index (χ3n) is 5.18. The number of aromatic nitrogens is 1. The molecule has 2 rings (SSSR count). The van der Waals surface area contributed by atoms with Gasteiger partial charge >= 0.3 is 7.60 Å². The van der Waals surface area contributed by atoms with E-state index in [1.807, 2.05) is 38.1 Å². The highest BCUT2D eigenvalue weighted by Gasteiger charge is 2.34. The monoisotopic (exact) mass is 438 g/mol. The number of carbonyl (C=O) groups is 2. The molecule has 30 heavy (non-hydrogen) atoms. The van der Waals surface area contributed by atoms with Gasteiger partial charge in [0.05, 0.1) is 6.04 Å². The van der Waals surface area contributed by atoms with Crippen LogP contribution in [-0.4, -0.2) is 56.4 Å². The number of rotatable bonds is 10. The standard InChI is InChI=1S/C20H31N4O5P/c1-12(2)9-17(23-13(3)30(27,28)29)20(26)24(4)18(19(21)25)10-14-11-22-16-8-6-5-7-15(14)16/h5-8,11-13,17-18,22-23H,9-10H2,1-4H3,(H2,21,25)(H2,27,28,29)/t13?,17-,18-/m0/s1. The van der Waals surface area contributed by atoms with Crippen LogP contribution in [0.4, 0.5) is 0 Å². The fourth-order valence-corrected chi connectivity index (χ4v) is 3.81. The number of carbonyl (C=O) groups excluding carboxylic acids is 2. The fraction of sp³-hybridized carbons (Fsp3) is 0.500. The lowest BCUT2D eigenvalue weighted by atomic mass is 9.99. The number of para-hydroxylation sites is 1. The van der Waals surface area contributed by atoms with Crippen molar-refractivity contribution in [3.05, 3.63) is 36.0 Å². The van der Waals surface area contributed by atoms with Crippen LogP contribution in [0.2, 0.25) is 0 Å². The molecule has 0 saturated heterocycles. The lowest BCUT2D eigenvalue weighted by Gasteiger charge is -2.32. The van der Waals surface area contributed by atoms with Gasteiger partial charge < -0.3 is 25.4 Å². The highest BCUT2D eigenvalue weighted by molar-refractivity contribution is 7.52. The normalized spacial score (nSPS) is 15.2. The summed E-state index contributed by atoms with van der Waals surface area (Å²) in [6.07, 6.45) is 2.37. The Hall–Kier alpha value is -2.19. The van der Waals surface area contributed by atoms with E-state index in [2.05, 4.69) is 10.3 Å². The minimum Gasteiger partial charge on any atom is -0.368 e. The molecule has 2 aromatic rings. The SMILES string of the molecule is CC(C)C[C@H](NC(C)P(=O)(O)O)C(=O)N(C)[C@@H](Cc1c[nH]c2ccccc12)C(N)=O. The smallest absolute Gasteiger partial charge is 0.342 e. The van der Waals surface area contributed by atoms with Crippen molar-refractivity contribution in [2.75, 3.05) is 7.05 Å². The molecule has 6 N–H and O–H groups in total. The van der Waals surface area contributed by atoms with Crippen LogP contribution in [0.5, 0.6) is 0 Å². The molecule has 2 amide bonds. The number of aromatic amines is 1. The van der Waals surface area contributed by atoms with Gasteiger partial charge in [0.2, 0.25) is 11.8 Å². The second kappa shape index (κ2) is 9.75. The number of nitrogens with one attached hydrogen (secondary N) is 2. The van der Waals surface area contributed by atoms with Crippen LogP contribution in [0.15, 0.2) is 30.5 Å². The number of fused-ring (bicyclic) bond motifs is 1. The van der Waals surface area contributed by atoms with Crippen molar-refractivity contribution in [3.63, 3.8) is 0 Å².